The van der Waals surface area contributed by atoms with Crippen LogP contribution < -0.4 is 5.73 Å². The zero-order chi connectivity index (χ0) is 14.6. The number of halogens is 1. The van der Waals surface area contributed by atoms with Crippen molar-refractivity contribution in [2.75, 3.05) is 13.1 Å². The van der Waals surface area contributed by atoms with Gasteiger partial charge in [0.15, 0.2) is 0 Å². The quantitative estimate of drug-likeness (QED) is 0.749. The van der Waals surface area contributed by atoms with E-state index < -0.39 is 35.0 Å². The summed E-state index contributed by atoms with van der Waals surface area (Å²) < 4.78 is 25.3. The van der Waals surface area contributed by atoms with Gasteiger partial charge in [0, 0.05) is 4.47 Å². The summed E-state index contributed by atoms with van der Waals surface area (Å²) in [4.78, 5) is 21.4. The summed E-state index contributed by atoms with van der Waals surface area (Å²) in [5.74, 6) is -2.31. The number of nitrogens with two attached hydrogens (primary N) is 1. The number of sulfonamides is 1. The summed E-state index contributed by atoms with van der Waals surface area (Å²) in [6.07, 6.45) is 0. The Labute approximate surface area is 118 Å². The number of hydrogen-bond acceptors (Lipinski definition) is 4. The number of carboxylic acid groups (broad SMARTS) is 1. The standard InChI is InChI=1S/C10H11BrN2O5S/c11-7-3-1-2-4-8(7)19(17,18)13(5-9(12)14)6-10(15)16/h1-4H,5-6H2,(H2,12,14)(H,15,16). The van der Waals surface area contributed by atoms with Crippen molar-refractivity contribution in [1.82, 2.24) is 4.31 Å². The molecule has 0 saturated heterocycles. The van der Waals surface area contributed by atoms with Crippen LogP contribution in [0, 0.1) is 0 Å². The highest BCUT2D eigenvalue weighted by Gasteiger charge is 2.29. The van der Waals surface area contributed by atoms with Crippen LogP contribution in [0.2, 0.25) is 0 Å². The number of benzene rings is 1. The number of amides is 1. The van der Waals surface area contributed by atoms with Gasteiger partial charge in [-0.3, -0.25) is 9.59 Å². The van der Waals surface area contributed by atoms with E-state index in [2.05, 4.69) is 15.9 Å². The molecule has 0 aliphatic rings. The third-order valence-corrected chi connectivity index (χ3v) is 4.90. The van der Waals surface area contributed by atoms with Crippen LogP contribution in [0.15, 0.2) is 33.6 Å². The smallest absolute Gasteiger partial charge is 0.318 e. The zero-order valence-electron chi connectivity index (χ0n) is 9.61. The molecule has 1 rings (SSSR count). The second-order valence-corrected chi connectivity index (χ2v) is 6.32. The summed E-state index contributed by atoms with van der Waals surface area (Å²) in [5, 5.41) is 8.71. The van der Waals surface area contributed by atoms with Crippen molar-refractivity contribution in [1.29, 1.82) is 0 Å². The second kappa shape index (κ2) is 6.13. The molecule has 0 heterocycles. The van der Waals surface area contributed by atoms with Crippen LogP contribution in [-0.4, -0.2) is 42.8 Å². The minimum Gasteiger partial charge on any atom is -0.480 e. The fourth-order valence-corrected chi connectivity index (χ4v) is 3.66. The van der Waals surface area contributed by atoms with E-state index in [9.17, 15) is 18.0 Å². The molecule has 0 aliphatic carbocycles. The minimum absolute atomic E-state index is 0.127. The number of rotatable bonds is 6. The average molecular weight is 351 g/mol. The first-order valence-corrected chi connectivity index (χ1v) is 7.23. The average Bonchev–Trinajstić information content (AvgIpc) is 2.27. The first-order chi connectivity index (χ1) is 8.75. The Morgan fingerprint density at radius 1 is 1.26 bits per heavy atom. The summed E-state index contributed by atoms with van der Waals surface area (Å²) in [5.41, 5.74) is 4.93. The molecule has 1 aromatic carbocycles. The highest BCUT2D eigenvalue weighted by Crippen LogP contribution is 2.24. The number of nitrogens with zero attached hydrogens (tertiary/aromatic N) is 1. The van der Waals surface area contributed by atoms with E-state index in [1.54, 1.807) is 6.07 Å². The molecule has 0 spiro atoms. The van der Waals surface area contributed by atoms with Crippen LogP contribution in [0.5, 0.6) is 0 Å². The van der Waals surface area contributed by atoms with Crippen molar-refractivity contribution in [2.45, 2.75) is 4.90 Å². The molecule has 0 bridgehead atoms. The van der Waals surface area contributed by atoms with Crippen molar-refractivity contribution in [3.05, 3.63) is 28.7 Å². The molecule has 0 saturated carbocycles. The third kappa shape index (κ3) is 4.01. The van der Waals surface area contributed by atoms with Gasteiger partial charge in [-0.15, -0.1) is 0 Å². The molecule has 7 nitrogen and oxygen atoms in total. The van der Waals surface area contributed by atoms with Gasteiger partial charge in [-0.25, -0.2) is 8.42 Å². The Morgan fingerprint density at radius 2 is 1.84 bits per heavy atom. The highest BCUT2D eigenvalue weighted by atomic mass is 79.9. The van der Waals surface area contributed by atoms with Crippen molar-refractivity contribution in [3.8, 4) is 0 Å². The van der Waals surface area contributed by atoms with Crippen LogP contribution in [0.3, 0.4) is 0 Å². The number of carbonyl (C=O) groups is 2. The van der Waals surface area contributed by atoms with E-state index in [-0.39, 0.29) is 9.37 Å². The highest BCUT2D eigenvalue weighted by molar-refractivity contribution is 9.10. The Bertz CT molecular complexity index is 586. The van der Waals surface area contributed by atoms with Gasteiger partial charge in [-0.05, 0) is 28.1 Å². The molecular weight excluding hydrogens is 340 g/mol. The fraction of sp³-hybridized carbons (Fsp3) is 0.200. The number of primary amides is 1. The molecule has 104 valence electrons. The predicted molar refractivity (Wildman–Crippen MR) is 69.7 cm³/mol. The van der Waals surface area contributed by atoms with Crippen molar-refractivity contribution in [3.63, 3.8) is 0 Å². The van der Waals surface area contributed by atoms with Crippen LogP contribution in [0.1, 0.15) is 0 Å². The van der Waals surface area contributed by atoms with E-state index in [4.69, 9.17) is 10.8 Å². The van der Waals surface area contributed by atoms with Crippen molar-refractivity contribution < 1.29 is 23.1 Å². The molecular formula is C10H11BrN2O5S. The summed E-state index contributed by atoms with van der Waals surface area (Å²) in [7, 11) is -4.12. The van der Waals surface area contributed by atoms with Gasteiger partial charge in [-0.1, -0.05) is 12.1 Å². The lowest BCUT2D eigenvalue weighted by Crippen LogP contribution is -2.41. The maximum absolute atomic E-state index is 12.2. The molecule has 0 aromatic heterocycles. The van der Waals surface area contributed by atoms with Crippen molar-refractivity contribution >= 4 is 37.8 Å². The van der Waals surface area contributed by atoms with Gasteiger partial charge in [-0.2, -0.15) is 4.31 Å². The number of carboxylic acids is 1. The molecule has 9 heteroatoms. The maximum Gasteiger partial charge on any atom is 0.318 e. The van der Waals surface area contributed by atoms with Crippen LogP contribution in [0.4, 0.5) is 0 Å². The monoisotopic (exact) mass is 350 g/mol. The fourth-order valence-electron chi connectivity index (χ4n) is 1.34. The molecule has 0 fully saturated rings. The molecule has 0 radical (unpaired) electrons. The first-order valence-electron chi connectivity index (χ1n) is 5.00. The van der Waals surface area contributed by atoms with E-state index in [1.165, 1.54) is 18.2 Å². The topological polar surface area (TPSA) is 118 Å². The molecule has 19 heavy (non-hydrogen) atoms. The summed E-state index contributed by atoms with van der Waals surface area (Å²) in [6, 6.07) is 5.89. The van der Waals surface area contributed by atoms with Crippen LogP contribution in [0.25, 0.3) is 0 Å². The van der Waals surface area contributed by atoms with E-state index in [1.807, 2.05) is 0 Å². The summed E-state index contributed by atoms with van der Waals surface area (Å²) in [6.45, 7) is -1.54. The molecule has 1 amide bonds. The SMILES string of the molecule is NC(=O)CN(CC(=O)O)S(=O)(=O)c1ccccc1Br. The molecule has 3 N–H and O–H groups in total. The van der Waals surface area contributed by atoms with Crippen LogP contribution in [-0.2, 0) is 19.6 Å². The van der Waals surface area contributed by atoms with Gasteiger partial charge < -0.3 is 10.8 Å². The van der Waals surface area contributed by atoms with Crippen molar-refractivity contribution in [2.24, 2.45) is 5.73 Å². The lowest BCUT2D eigenvalue weighted by Gasteiger charge is -2.19. The molecule has 1 aromatic rings. The third-order valence-electron chi connectivity index (χ3n) is 2.10. The zero-order valence-corrected chi connectivity index (χ0v) is 12.0. The Balaban J connectivity index is 3.23. The molecule has 0 unspecified atom stereocenters. The Morgan fingerprint density at radius 3 is 2.32 bits per heavy atom. The van der Waals surface area contributed by atoms with Gasteiger partial charge in [0.2, 0.25) is 15.9 Å². The number of hydrogen-bond donors (Lipinski definition) is 2. The molecule has 0 atom stereocenters. The molecule has 0 aliphatic heterocycles. The van der Waals surface area contributed by atoms with Gasteiger partial charge in [0.1, 0.15) is 6.54 Å². The first kappa shape index (κ1) is 15.6. The maximum atomic E-state index is 12.2. The van der Waals surface area contributed by atoms with Gasteiger partial charge in [0.25, 0.3) is 0 Å². The minimum atomic E-state index is -4.12. The summed E-state index contributed by atoms with van der Waals surface area (Å²) >= 11 is 3.06. The Hall–Kier alpha value is -1.45. The lowest BCUT2D eigenvalue weighted by atomic mass is 10.4. The van der Waals surface area contributed by atoms with Crippen LogP contribution >= 0.6 is 15.9 Å². The second-order valence-electron chi connectivity index (χ2n) is 3.56. The number of carbonyl (C=O) groups excluding carboxylic acids is 1. The lowest BCUT2D eigenvalue weighted by molar-refractivity contribution is -0.137. The number of aliphatic carboxylic acids is 1. The van der Waals surface area contributed by atoms with Gasteiger partial charge >= 0.3 is 5.97 Å². The Kier molecular flexibility index (Phi) is 5.04. The van der Waals surface area contributed by atoms with Gasteiger partial charge in [0.05, 0.1) is 11.4 Å². The largest absolute Gasteiger partial charge is 0.480 e. The van der Waals surface area contributed by atoms with E-state index in [0.717, 1.165) is 0 Å². The normalized spacial score (nSPS) is 11.5. The van der Waals surface area contributed by atoms with E-state index in [0.29, 0.717) is 4.31 Å². The van der Waals surface area contributed by atoms with E-state index >= 15 is 0 Å². The predicted octanol–water partition coefficient (Wildman–Crippen LogP) is 0.00970.